The van der Waals surface area contributed by atoms with Crippen LogP contribution in [0.5, 0.6) is 0 Å². The number of fused-ring (bicyclic) bond motifs is 5. The van der Waals surface area contributed by atoms with E-state index in [4.69, 9.17) is 4.74 Å². The first kappa shape index (κ1) is 21.6. The van der Waals surface area contributed by atoms with Crippen molar-refractivity contribution in [1.29, 1.82) is 0 Å². The van der Waals surface area contributed by atoms with Crippen molar-refractivity contribution in [3.05, 3.63) is 53.3 Å². The number of carbonyl (C=O) groups excluding carboxylic acids is 1. The zero-order valence-corrected chi connectivity index (χ0v) is 19.1. The molecular weight excluding hydrogens is 418 g/mol. The molecule has 0 spiro atoms. The summed E-state index contributed by atoms with van der Waals surface area (Å²) in [5.74, 6) is -0.775. The molecule has 1 aromatic carbocycles. The summed E-state index contributed by atoms with van der Waals surface area (Å²) in [6.45, 7) is 7.23. The molecule has 7 heteroatoms. The summed E-state index contributed by atoms with van der Waals surface area (Å²) in [6.07, 6.45) is 5.28. The molecule has 1 amide bonds. The first-order chi connectivity index (χ1) is 16.0. The zero-order chi connectivity index (χ0) is 23.1. The normalized spacial score (nSPS) is 19.0. The van der Waals surface area contributed by atoms with Gasteiger partial charge >= 0.3 is 5.97 Å². The van der Waals surface area contributed by atoms with Crippen LogP contribution in [0.3, 0.4) is 0 Å². The van der Waals surface area contributed by atoms with Crippen LogP contribution in [0.25, 0.3) is 22.2 Å². The Kier molecular flexibility index (Phi) is 5.66. The largest absolute Gasteiger partial charge is 0.478 e. The second-order valence-corrected chi connectivity index (χ2v) is 9.09. The Balaban J connectivity index is 1.74. The number of hydrogen-bond donors (Lipinski definition) is 1. The summed E-state index contributed by atoms with van der Waals surface area (Å²) in [5.41, 5.74) is 5.56. The molecule has 0 aliphatic carbocycles. The molecule has 3 aromatic rings. The van der Waals surface area contributed by atoms with E-state index < -0.39 is 5.97 Å². The summed E-state index contributed by atoms with van der Waals surface area (Å²) in [6, 6.07) is 7.38. The summed E-state index contributed by atoms with van der Waals surface area (Å²) in [7, 11) is 0. The molecule has 1 saturated heterocycles. The molecule has 5 rings (SSSR count). The van der Waals surface area contributed by atoms with E-state index in [1.54, 1.807) is 18.3 Å². The number of amides is 1. The van der Waals surface area contributed by atoms with Gasteiger partial charge in [0.25, 0.3) is 0 Å². The van der Waals surface area contributed by atoms with E-state index in [2.05, 4.69) is 23.4 Å². The number of carbonyl (C=O) groups is 2. The number of nitrogens with zero attached hydrogens (tertiary/aromatic N) is 3. The number of aromatic carboxylic acids is 1. The number of rotatable bonds is 4. The molecule has 1 fully saturated rings. The van der Waals surface area contributed by atoms with Crippen LogP contribution in [0.2, 0.25) is 0 Å². The lowest BCUT2D eigenvalue weighted by Gasteiger charge is -2.30. The highest BCUT2D eigenvalue weighted by molar-refractivity contribution is 5.98. The third-order valence-electron chi connectivity index (χ3n) is 7.16. The number of ether oxygens (including phenoxy) is 1. The van der Waals surface area contributed by atoms with Gasteiger partial charge in [-0.15, -0.1) is 0 Å². The molecule has 172 valence electrons. The minimum absolute atomic E-state index is 0.134. The molecule has 2 aromatic heterocycles. The van der Waals surface area contributed by atoms with Crippen molar-refractivity contribution in [3.8, 4) is 11.3 Å². The fourth-order valence-electron chi connectivity index (χ4n) is 5.26. The fraction of sp³-hybridized carbons (Fsp3) is 0.423. The Morgan fingerprint density at radius 2 is 2.03 bits per heavy atom. The standard InChI is InChI=1S/C26H29N3O4/c1-3-16(2)23-20-5-4-18(26(31)32)13-22(20)29-15-19(25(30)28-8-10-33-11-9-28)12-17-6-7-27-14-21(17)24(23)29/h4-7,13-14,16,19H,3,8-12,15H2,1-2H3,(H,31,32). The van der Waals surface area contributed by atoms with Gasteiger partial charge in [0.2, 0.25) is 5.91 Å². The monoisotopic (exact) mass is 447 g/mol. The Morgan fingerprint density at radius 3 is 2.76 bits per heavy atom. The second kappa shape index (κ2) is 8.63. The predicted octanol–water partition coefficient (Wildman–Crippen LogP) is 3.95. The molecule has 2 aliphatic heterocycles. The van der Waals surface area contributed by atoms with Crippen molar-refractivity contribution in [2.24, 2.45) is 5.92 Å². The molecular formula is C26H29N3O4. The first-order valence-corrected chi connectivity index (χ1v) is 11.7. The second-order valence-electron chi connectivity index (χ2n) is 9.09. The average molecular weight is 448 g/mol. The Morgan fingerprint density at radius 1 is 1.24 bits per heavy atom. The van der Waals surface area contributed by atoms with Crippen molar-refractivity contribution < 1.29 is 19.4 Å². The minimum Gasteiger partial charge on any atom is -0.478 e. The highest BCUT2D eigenvalue weighted by Gasteiger charge is 2.33. The first-order valence-electron chi connectivity index (χ1n) is 11.7. The lowest BCUT2D eigenvalue weighted by Crippen LogP contribution is -2.45. The van der Waals surface area contributed by atoms with Crippen LogP contribution in [0.4, 0.5) is 0 Å². The van der Waals surface area contributed by atoms with Crippen molar-refractivity contribution >= 4 is 22.8 Å². The van der Waals surface area contributed by atoms with Crippen LogP contribution in [0, 0.1) is 5.92 Å². The van der Waals surface area contributed by atoms with Crippen molar-refractivity contribution in [2.75, 3.05) is 26.3 Å². The number of benzene rings is 1. The van der Waals surface area contributed by atoms with E-state index in [1.807, 2.05) is 23.2 Å². The molecule has 0 radical (unpaired) electrons. The van der Waals surface area contributed by atoms with Crippen LogP contribution in [0.15, 0.2) is 36.7 Å². The third kappa shape index (κ3) is 3.70. The van der Waals surface area contributed by atoms with E-state index >= 15 is 0 Å². The molecule has 2 atom stereocenters. The number of pyridine rings is 1. The van der Waals surface area contributed by atoms with E-state index in [9.17, 15) is 14.7 Å². The van der Waals surface area contributed by atoms with Gasteiger partial charge < -0.3 is 19.3 Å². The lowest BCUT2D eigenvalue weighted by molar-refractivity contribution is -0.140. The van der Waals surface area contributed by atoms with Gasteiger partial charge in [-0.05, 0) is 48.1 Å². The van der Waals surface area contributed by atoms with Crippen LogP contribution in [-0.4, -0.2) is 57.7 Å². The molecule has 4 heterocycles. The van der Waals surface area contributed by atoms with Gasteiger partial charge in [0, 0.05) is 48.5 Å². The van der Waals surface area contributed by atoms with Crippen LogP contribution >= 0.6 is 0 Å². The minimum atomic E-state index is -0.950. The number of carboxylic acid groups (broad SMARTS) is 1. The van der Waals surface area contributed by atoms with E-state index in [0.717, 1.165) is 34.1 Å². The SMILES string of the molecule is CCC(C)c1c2n(c3cc(C(=O)O)ccc13)CC(C(=O)N1CCOCC1)Cc1ccncc1-2. The quantitative estimate of drug-likeness (QED) is 0.655. The Hall–Kier alpha value is -3.19. The summed E-state index contributed by atoms with van der Waals surface area (Å²) in [4.78, 5) is 31.7. The molecule has 7 nitrogen and oxygen atoms in total. The highest BCUT2D eigenvalue weighted by atomic mass is 16.5. The lowest BCUT2D eigenvalue weighted by atomic mass is 9.90. The van der Waals surface area contributed by atoms with Crippen molar-refractivity contribution in [1.82, 2.24) is 14.5 Å². The van der Waals surface area contributed by atoms with E-state index in [-0.39, 0.29) is 23.3 Å². The Labute approximate surface area is 193 Å². The van der Waals surface area contributed by atoms with Gasteiger partial charge in [-0.3, -0.25) is 9.78 Å². The predicted molar refractivity (Wildman–Crippen MR) is 125 cm³/mol. The van der Waals surface area contributed by atoms with Crippen LogP contribution in [0.1, 0.15) is 47.7 Å². The van der Waals surface area contributed by atoms with Gasteiger partial charge in [0.1, 0.15) is 0 Å². The van der Waals surface area contributed by atoms with E-state index in [1.165, 1.54) is 5.56 Å². The number of carboxylic acids is 1. The number of hydrogen-bond acceptors (Lipinski definition) is 4. The third-order valence-corrected chi connectivity index (χ3v) is 7.16. The van der Waals surface area contributed by atoms with Gasteiger partial charge in [-0.25, -0.2) is 4.79 Å². The molecule has 2 aliphatic rings. The van der Waals surface area contributed by atoms with Crippen LogP contribution in [-0.2, 0) is 22.5 Å². The van der Waals surface area contributed by atoms with Gasteiger partial charge in [-0.1, -0.05) is 19.9 Å². The zero-order valence-electron chi connectivity index (χ0n) is 19.1. The fourth-order valence-corrected chi connectivity index (χ4v) is 5.26. The van der Waals surface area contributed by atoms with E-state index in [0.29, 0.717) is 39.3 Å². The van der Waals surface area contributed by atoms with Gasteiger partial charge in [0.05, 0.1) is 30.4 Å². The smallest absolute Gasteiger partial charge is 0.335 e. The number of aromatic nitrogens is 2. The molecule has 33 heavy (non-hydrogen) atoms. The molecule has 0 saturated carbocycles. The molecule has 2 unspecified atom stereocenters. The summed E-state index contributed by atoms with van der Waals surface area (Å²) < 4.78 is 7.63. The topological polar surface area (TPSA) is 84.7 Å². The average Bonchev–Trinajstić information content (AvgIpc) is 3.06. The maximum absolute atomic E-state index is 13.6. The van der Waals surface area contributed by atoms with Crippen LogP contribution < -0.4 is 0 Å². The highest BCUT2D eigenvalue weighted by Crippen LogP contribution is 2.43. The molecule has 0 bridgehead atoms. The Bertz CT molecular complexity index is 1230. The van der Waals surface area contributed by atoms with Crippen molar-refractivity contribution in [2.45, 2.75) is 39.2 Å². The number of morpholine rings is 1. The summed E-state index contributed by atoms with van der Waals surface area (Å²) >= 11 is 0. The maximum atomic E-state index is 13.6. The van der Waals surface area contributed by atoms with Crippen molar-refractivity contribution in [3.63, 3.8) is 0 Å². The molecule has 1 N–H and O–H groups in total. The maximum Gasteiger partial charge on any atom is 0.335 e. The summed E-state index contributed by atoms with van der Waals surface area (Å²) in [5, 5.41) is 10.7. The van der Waals surface area contributed by atoms with Gasteiger partial charge in [0.15, 0.2) is 0 Å². The van der Waals surface area contributed by atoms with Gasteiger partial charge in [-0.2, -0.15) is 0 Å².